The minimum Gasteiger partial charge on any atom is -0.423 e. The second kappa shape index (κ2) is 5.10. The predicted octanol–water partition coefficient (Wildman–Crippen LogP) is 2.04. The van der Waals surface area contributed by atoms with E-state index in [1.165, 1.54) is 4.68 Å². The molecule has 0 unspecified atom stereocenters. The van der Waals surface area contributed by atoms with Gasteiger partial charge in [0.2, 0.25) is 0 Å². The summed E-state index contributed by atoms with van der Waals surface area (Å²) in [6.45, 7) is -0.510. The van der Waals surface area contributed by atoms with E-state index in [9.17, 15) is 9.90 Å². The van der Waals surface area contributed by atoms with Gasteiger partial charge in [0.25, 0.3) is 0 Å². The molecule has 0 atom stereocenters. The summed E-state index contributed by atoms with van der Waals surface area (Å²) in [5.41, 5.74) is 1.44. The summed E-state index contributed by atoms with van der Waals surface area (Å²) < 4.78 is 6.45. The van der Waals surface area contributed by atoms with Crippen LogP contribution in [0.4, 0.5) is 0 Å². The number of rotatable bonds is 3. The van der Waals surface area contributed by atoms with Crippen LogP contribution >= 0.6 is 0 Å². The first kappa shape index (κ1) is 12.3. The molecular weight excluding hydrogens is 258 g/mol. The van der Waals surface area contributed by atoms with Crippen LogP contribution in [0, 0.1) is 0 Å². The second-order valence-electron chi connectivity index (χ2n) is 4.12. The third-order valence-corrected chi connectivity index (χ3v) is 2.83. The number of fused-ring (bicyclic) bond motifs is 1. The molecule has 0 amide bonds. The maximum atomic E-state index is 12.0. The third-order valence-electron chi connectivity index (χ3n) is 2.83. The van der Waals surface area contributed by atoms with Gasteiger partial charge in [0.05, 0.1) is 11.1 Å². The molecule has 1 radical (unpaired) electrons. The van der Waals surface area contributed by atoms with Crippen molar-refractivity contribution in [2.24, 2.45) is 0 Å². The van der Waals surface area contributed by atoms with Crippen LogP contribution in [0.2, 0.25) is 0 Å². The highest BCUT2D eigenvalue weighted by atomic mass is 16.5. The van der Waals surface area contributed by atoms with E-state index >= 15 is 0 Å². The molecule has 0 saturated heterocycles. The SMILES string of the molecule is [O]Cn1nnc2cc(C(=O)Oc3ccccc3)ccc21. The summed E-state index contributed by atoms with van der Waals surface area (Å²) in [4.78, 5) is 12.0. The van der Waals surface area contributed by atoms with Crippen LogP contribution in [-0.4, -0.2) is 21.0 Å². The van der Waals surface area contributed by atoms with Crippen molar-refractivity contribution in [2.75, 3.05) is 0 Å². The maximum absolute atomic E-state index is 12.0. The zero-order chi connectivity index (χ0) is 13.9. The third kappa shape index (κ3) is 2.24. The molecule has 0 N–H and O–H groups in total. The number of ether oxygens (including phenoxy) is 1. The van der Waals surface area contributed by atoms with Gasteiger partial charge in [-0.15, -0.1) is 5.10 Å². The molecule has 3 rings (SSSR count). The number of carbonyl (C=O) groups is 1. The van der Waals surface area contributed by atoms with Gasteiger partial charge in [-0.3, -0.25) is 0 Å². The number of aromatic nitrogens is 3. The number of carbonyl (C=O) groups excluding carboxylic acids is 1. The van der Waals surface area contributed by atoms with Crippen LogP contribution < -0.4 is 4.74 Å². The normalized spacial score (nSPS) is 10.7. The van der Waals surface area contributed by atoms with Gasteiger partial charge in [-0.1, -0.05) is 23.4 Å². The Bertz CT molecular complexity index is 753. The van der Waals surface area contributed by atoms with Crippen molar-refractivity contribution in [3.63, 3.8) is 0 Å². The molecule has 0 bridgehead atoms. The zero-order valence-corrected chi connectivity index (χ0v) is 10.4. The number of hydrogen-bond acceptors (Lipinski definition) is 4. The lowest BCUT2D eigenvalue weighted by molar-refractivity contribution is 0.0735. The summed E-state index contributed by atoms with van der Waals surface area (Å²) in [7, 11) is 0. The Morgan fingerprint density at radius 1 is 1.15 bits per heavy atom. The highest BCUT2D eigenvalue weighted by Gasteiger charge is 2.12. The van der Waals surface area contributed by atoms with Gasteiger partial charge in [-0.25, -0.2) is 14.6 Å². The number of para-hydroxylation sites is 1. The molecule has 0 aliphatic heterocycles. The van der Waals surface area contributed by atoms with E-state index in [0.29, 0.717) is 22.3 Å². The van der Waals surface area contributed by atoms with E-state index in [4.69, 9.17) is 4.74 Å². The Kier molecular flexibility index (Phi) is 3.14. The number of esters is 1. The van der Waals surface area contributed by atoms with Crippen molar-refractivity contribution in [1.82, 2.24) is 15.0 Å². The molecule has 0 aliphatic carbocycles. The average molecular weight is 268 g/mol. The zero-order valence-electron chi connectivity index (χ0n) is 10.4. The Labute approximate surface area is 114 Å². The number of nitrogens with zero attached hydrogens (tertiary/aromatic N) is 3. The van der Waals surface area contributed by atoms with Crippen molar-refractivity contribution in [2.45, 2.75) is 6.73 Å². The van der Waals surface area contributed by atoms with Crippen LogP contribution in [-0.2, 0) is 11.8 Å². The first-order valence-electron chi connectivity index (χ1n) is 5.96. The lowest BCUT2D eigenvalue weighted by atomic mass is 10.2. The van der Waals surface area contributed by atoms with Crippen LogP contribution in [0.25, 0.3) is 11.0 Å². The van der Waals surface area contributed by atoms with Gasteiger partial charge < -0.3 is 4.74 Å². The molecule has 1 aromatic heterocycles. The fraction of sp³-hybridized carbons (Fsp3) is 0.0714. The molecule has 0 fully saturated rings. The summed E-state index contributed by atoms with van der Waals surface area (Å²) in [5.74, 6) is -0.00409. The van der Waals surface area contributed by atoms with Gasteiger partial charge in [0.1, 0.15) is 11.3 Å². The van der Waals surface area contributed by atoms with E-state index in [-0.39, 0.29) is 0 Å². The van der Waals surface area contributed by atoms with E-state index in [0.717, 1.165) is 0 Å². The average Bonchev–Trinajstić information content (AvgIpc) is 2.90. The Hall–Kier alpha value is -2.73. The minimum absolute atomic E-state index is 0.360. The van der Waals surface area contributed by atoms with E-state index in [1.807, 2.05) is 6.07 Å². The van der Waals surface area contributed by atoms with Crippen molar-refractivity contribution in [1.29, 1.82) is 0 Å². The molecule has 3 aromatic rings. The van der Waals surface area contributed by atoms with E-state index < -0.39 is 12.7 Å². The predicted molar refractivity (Wildman–Crippen MR) is 69.6 cm³/mol. The molecule has 0 saturated carbocycles. The molecule has 1 heterocycles. The van der Waals surface area contributed by atoms with Crippen LogP contribution in [0.15, 0.2) is 48.5 Å². The smallest absolute Gasteiger partial charge is 0.343 e. The molecule has 2 aromatic carbocycles. The summed E-state index contributed by atoms with van der Waals surface area (Å²) in [5, 5.41) is 18.4. The summed E-state index contributed by atoms with van der Waals surface area (Å²) in [6.07, 6.45) is 0. The van der Waals surface area contributed by atoms with Crippen LogP contribution in [0.3, 0.4) is 0 Å². The highest BCUT2D eigenvalue weighted by Crippen LogP contribution is 2.16. The second-order valence-corrected chi connectivity index (χ2v) is 4.12. The fourth-order valence-corrected chi connectivity index (χ4v) is 1.85. The highest BCUT2D eigenvalue weighted by molar-refractivity contribution is 5.94. The molecule has 0 aliphatic rings. The largest absolute Gasteiger partial charge is 0.423 e. The van der Waals surface area contributed by atoms with Gasteiger partial charge in [0.15, 0.2) is 6.73 Å². The summed E-state index contributed by atoms with van der Waals surface area (Å²) in [6, 6.07) is 13.6. The van der Waals surface area contributed by atoms with E-state index in [1.54, 1.807) is 42.5 Å². The van der Waals surface area contributed by atoms with Crippen LogP contribution in [0.5, 0.6) is 5.75 Å². The number of hydrogen-bond donors (Lipinski definition) is 0. The van der Waals surface area contributed by atoms with Crippen molar-refractivity contribution >= 4 is 17.0 Å². The van der Waals surface area contributed by atoms with Gasteiger partial charge >= 0.3 is 5.97 Å². The number of benzene rings is 2. The molecular formula is C14H10N3O3. The molecule has 99 valence electrons. The lowest BCUT2D eigenvalue weighted by Crippen LogP contribution is -2.08. The Morgan fingerprint density at radius 2 is 1.95 bits per heavy atom. The lowest BCUT2D eigenvalue weighted by Gasteiger charge is -2.03. The molecule has 0 spiro atoms. The van der Waals surface area contributed by atoms with E-state index in [2.05, 4.69) is 10.3 Å². The minimum atomic E-state index is -0.510. The van der Waals surface area contributed by atoms with Crippen molar-refractivity contribution < 1.29 is 14.6 Å². The first-order chi connectivity index (χ1) is 9.78. The quantitative estimate of drug-likeness (QED) is 0.538. The topological polar surface area (TPSA) is 76.9 Å². The van der Waals surface area contributed by atoms with Gasteiger partial charge in [-0.05, 0) is 30.3 Å². The van der Waals surface area contributed by atoms with Crippen LogP contribution in [0.1, 0.15) is 10.4 Å². The van der Waals surface area contributed by atoms with Crippen molar-refractivity contribution in [3.8, 4) is 5.75 Å². The van der Waals surface area contributed by atoms with Gasteiger partial charge in [0, 0.05) is 0 Å². The molecule has 6 heteroatoms. The first-order valence-corrected chi connectivity index (χ1v) is 5.96. The monoisotopic (exact) mass is 268 g/mol. The Balaban J connectivity index is 1.88. The Morgan fingerprint density at radius 3 is 2.70 bits per heavy atom. The van der Waals surface area contributed by atoms with Gasteiger partial charge in [-0.2, -0.15) is 0 Å². The van der Waals surface area contributed by atoms with Crippen molar-refractivity contribution in [3.05, 3.63) is 54.1 Å². The maximum Gasteiger partial charge on any atom is 0.343 e. The molecule has 20 heavy (non-hydrogen) atoms. The standard InChI is InChI=1S/C14H10N3O3/c18-9-17-13-7-6-10(8-12(13)15-16-17)14(19)20-11-4-2-1-3-5-11/h1-8H,9H2. The summed E-state index contributed by atoms with van der Waals surface area (Å²) >= 11 is 0. The molecule has 6 nitrogen and oxygen atoms in total. The fourth-order valence-electron chi connectivity index (χ4n) is 1.85.